The van der Waals surface area contributed by atoms with E-state index in [1.54, 1.807) is 24.3 Å². The van der Waals surface area contributed by atoms with Gasteiger partial charge < -0.3 is 29.9 Å². The molecule has 0 bridgehead atoms. The number of rotatable bonds is 18. The summed E-state index contributed by atoms with van der Waals surface area (Å²) in [5.74, 6) is -0.638. The fourth-order valence-corrected chi connectivity index (χ4v) is 8.47. The molecule has 49 heavy (non-hydrogen) atoms. The van der Waals surface area contributed by atoms with E-state index in [1.807, 2.05) is 42.7 Å². The number of carboxylic acid groups (broad SMARTS) is 1. The molecular formula is C38H49N3O6S2. The van der Waals surface area contributed by atoms with Gasteiger partial charge in [0, 0.05) is 36.7 Å². The van der Waals surface area contributed by atoms with Gasteiger partial charge in [-0.2, -0.15) is 0 Å². The van der Waals surface area contributed by atoms with E-state index in [0.717, 1.165) is 48.5 Å². The normalized spacial score (nSPS) is 17.8. The number of carbonyl (C=O) groups excluding carboxylic acids is 2. The Morgan fingerprint density at radius 2 is 1.73 bits per heavy atom. The van der Waals surface area contributed by atoms with Crippen LogP contribution >= 0.6 is 11.8 Å². The van der Waals surface area contributed by atoms with Crippen LogP contribution in [0, 0.1) is 5.41 Å². The second kappa shape index (κ2) is 18.9. The van der Waals surface area contributed by atoms with Crippen molar-refractivity contribution in [3.05, 3.63) is 78.4 Å². The lowest BCUT2D eigenvalue weighted by Crippen LogP contribution is -2.42. The number of ether oxygens (including phenoxy) is 1. The summed E-state index contributed by atoms with van der Waals surface area (Å²) in [6.07, 6.45) is 7.94. The Morgan fingerprint density at radius 3 is 2.39 bits per heavy atom. The first-order valence-corrected chi connectivity index (χ1v) is 19.6. The summed E-state index contributed by atoms with van der Waals surface area (Å²) in [5.41, 5.74) is 2.44. The van der Waals surface area contributed by atoms with E-state index in [9.17, 15) is 18.9 Å². The average molecular weight is 708 g/mol. The highest BCUT2D eigenvalue weighted by molar-refractivity contribution is 7.98. The molecule has 2 unspecified atom stereocenters. The van der Waals surface area contributed by atoms with Crippen molar-refractivity contribution < 1.29 is 28.8 Å². The number of anilines is 2. The maximum Gasteiger partial charge on any atom is 0.303 e. The van der Waals surface area contributed by atoms with Gasteiger partial charge in [-0.05, 0) is 66.9 Å². The number of aliphatic carboxylic acids is 1. The second-order valence-electron chi connectivity index (χ2n) is 12.5. The zero-order valence-electron chi connectivity index (χ0n) is 28.7. The minimum Gasteiger partial charge on any atom is -0.611 e. The molecule has 3 N–H and O–H groups in total. The molecule has 11 heteroatoms. The number of fused-ring (bicyclic) bond motifs is 1. The summed E-state index contributed by atoms with van der Waals surface area (Å²) in [6.45, 7) is 5.18. The zero-order valence-corrected chi connectivity index (χ0v) is 30.4. The van der Waals surface area contributed by atoms with Crippen LogP contribution in [0.25, 0.3) is 0 Å². The summed E-state index contributed by atoms with van der Waals surface area (Å²) in [4.78, 5) is 41.1. The molecule has 0 fully saturated rings. The van der Waals surface area contributed by atoms with Crippen molar-refractivity contribution in [3.8, 4) is 5.75 Å². The number of benzene rings is 3. The Labute approximate surface area is 297 Å². The Bertz CT molecular complexity index is 1530. The standard InChI is InChI=1S/C38H49N3O6S2/c1-4-6-21-38(5-2)26-41(29-18-12-8-13-19-29)30-23-32(48-3)31(24-33(30)49(46)27-38)47-25-34(42)40-36(28-16-10-7-11-17-28)37(45)39-22-15-9-14-20-35(43)44/h7-8,10-13,16-19,23-24,36H,4-6,9,14-15,20-22,25-27H2,1-3H3,(H,39,45)(H,40,42)(H,43,44)/t36-,38?,49?/m1/s1. The minimum absolute atomic E-state index is 0.0960. The van der Waals surface area contributed by atoms with Gasteiger partial charge in [0.25, 0.3) is 5.91 Å². The maximum atomic E-state index is 14.1. The van der Waals surface area contributed by atoms with Crippen LogP contribution < -0.4 is 20.3 Å². The summed E-state index contributed by atoms with van der Waals surface area (Å²) in [6, 6.07) is 22.2. The van der Waals surface area contributed by atoms with Crippen LogP contribution in [0.15, 0.2) is 82.6 Å². The second-order valence-corrected chi connectivity index (χ2v) is 14.8. The van der Waals surface area contributed by atoms with Gasteiger partial charge in [0.15, 0.2) is 11.5 Å². The number of para-hydroxylation sites is 1. The molecule has 1 heterocycles. The third-order valence-corrected chi connectivity index (χ3v) is 11.5. The lowest BCUT2D eigenvalue weighted by atomic mass is 9.81. The first-order valence-electron chi connectivity index (χ1n) is 17.1. The van der Waals surface area contributed by atoms with Crippen LogP contribution in [0.5, 0.6) is 5.75 Å². The van der Waals surface area contributed by atoms with Gasteiger partial charge in [0.05, 0.1) is 10.6 Å². The van der Waals surface area contributed by atoms with Crippen molar-refractivity contribution in [2.24, 2.45) is 5.41 Å². The SMILES string of the molecule is CCCCC1(CC)CN(c2ccccc2)c2cc(SC)c(OCC(=O)N[C@@H](C(=O)NCCCCCC(=O)O)c3ccccc3)cc2[S+]([O-])C1. The van der Waals surface area contributed by atoms with Gasteiger partial charge in [-0.3, -0.25) is 14.4 Å². The smallest absolute Gasteiger partial charge is 0.303 e. The highest BCUT2D eigenvalue weighted by Crippen LogP contribution is 2.47. The Morgan fingerprint density at radius 1 is 1.02 bits per heavy atom. The Kier molecular flexibility index (Phi) is 14.7. The third kappa shape index (κ3) is 10.7. The summed E-state index contributed by atoms with van der Waals surface area (Å²) < 4.78 is 20.3. The van der Waals surface area contributed by atoms with E-state index in [4.69, 9.17) is 9.84 Å². The third-order valence-electron chi connectivity index (χ3n) is 9.02. The van der Waals surface area contributed by atoms with Gasteiger partial charge >= 0.3 is 5.97 Å². The fourth-order valence-electron chi connectivity index (χ4n) is 6.13. The van der Waals surface area contributed by atoms with E-state index in [-0.39, 0.29) is 24.3 Å². The Balaban J connectivity index is 1.53. The molecule has 3 atom stereocenters. The van der Waals surface area contributed by atoms with Crippen molar-refractivity contribution in [1.82, 2.24) is 10.6 Å². The molecule has 0 aromatic heterocycles. The zero-order chi connectivity index (χ0) is 35.2. The number of carbonyl (C=O) groups is 3. The van der Waals surface area contributed by atoms with E-state index in [1.165, 1.54) is 11.8 Å². The van der Waals surface area contributed by atoms with Gasteiger partial charge in [-0.15, -0.1) is 11.8 Å². The number of hydrogen-bond donors (Lipinski definition) is 3. The van der Waals surface area contributed by atoms with Gasteiger partial charge in [-0.1, -0.05) is 81.6 Å². The number of thioether (sulfide) groups is 1. The molecule has 1 aliphatic rings. The molecule has 0 radical (unpaired) electrons. The molecule has 3 aromatic carbocycles. The molecule has 264 valence electrons. The summed E-state index contributed by atoms with van der Waals surface area (Å²) in [7, 11) is 0. The first kappa shape index (κ1) is 38.1. The predicted molar refractivity (Wildman–Crippen MR) is 197 cm³/mol. The molecule has 2 amide bonds. The Hall–Kier alpha value is -3.67. The van der Waals surface area contributed by atoms with Crippen LogP contribution in [-0.4, -0.2) is 59.1 Å². The van der Waals surface area contributed by atoms with E-state index in [0.29, 0.717) is 47.8 Å². The molecule has 0 spiro atoms. The molecule has 1 aliphatic heterocycles. The topological polar surface area (TPSA) is 131 Å². The van der Waals surface area contributed by atoms with Crippen molar-refractivity contribution >= 4 is 52.1 Å². The van der Waals surface area contributed by atoms with Crippen LogP contribution in [0.3, 0.4) is 0 Å². The quantitative estimate of drug-likeness (QED) is 0.0716. The number of hydrogen-bond acceptors (Lipinski definition) is 7. The molecule has 4 rings (SSSR count). The highest BCUT2D eigenvalue weighted by atomic mass is 32.2. The van der Waals surface area contributed by atoms with Crippen molar-refractivity contribution in [2.75, 3.05) is 36.6 Å². The molecular weight excluding hydrogens is 659 g/mol. The van der Waals surface area contributed by atoms with E-state index >= 15 is 0 Å². The van der Waals surface area contributed by atoms with Gasteiger partial charge in [0.2, 0.25) is 5.91 Å². The van der Waals surface area contributed by atoms with Crippen LogP contribution in [0.1, 0.15) is 76.8 Å². The molecule has 0 saturated heterocycles. The first-order chi connectivity index (χ1) is 23.7. The predicted octanol–water partition coefficient (Wildman–Crippen LogP) is 7.25. The molecule has 0 aliphatic carbocycles. The van der Waals surface area contributed by atoms with E-state index < -0.39 is 29.1 Å². The number of unbranched alkanes of at least 4 members (excludes halogenated alkanes) is 3. The van der Waals surface area contributed by atoms with Crippen LogP contribution in [0.4, 0.5) is 11.4 Å². The average Bonchev–Trinajstić information content (AvgIpc) is 3.24. The van der Waals surface area contributed by atoms with Gasteiger partial charge in [0.1, 0.15) is 17.5 Å². The number of nitrogens with one attached hydrogen (secondary N) is 2. The monoisotopic (exact) mass is 707 g/mol. The molecule has 0 saturated carbocycles. The van der Waals surface area contributed by atoms with Crippen molar-refractivity contribution in [3.63, 3.8) is 0 Å². The lowest BCUT2D eigenvalue weighted by Gasteiger charge is -2.35. The lowest BCUT2D eigenvalue weighted by molar-refractivity contribution is -0.137. The highest BCUT2D eigenvalue weighted by Gasteiger charge is 2.42. The summed E-state index contributed by atoms with van der Waals surface area (Å²) >= 11 is 0.201. The number of amides is 2. The number of carboxylic acids is 1. The maximum absolute atomic E-state index is 14.1. The summed E-state index contributed by atoms with van der Waals surface area (Å²) in [5, 5.41) is 14.5. The minimum atomic E-state index is -1.30. The van der Waals surface area contributed by atoms with Crippen LogP contribution in [-0.2, 0) is 25.6 Å². The fraction of sp³-hybridized carbons (Fsp3) is 0.447. The van der Waals surface area contributed by atoms with Crippen molar-refractivity contribution in [1.29, 1.82) is 0 Å². The molecule has 9 nitrogen and oxygen atoms in total. The molecule has 3 aromatic rings. The van der Waals surface area contributed by atoms with E-state index in [2.05, 4.69) is 41.5 Å². The largest absolute Gasteiger partial charge is 0.611 e. The van der Waals surface area contributed by atoms with Crippen LogP contribution in [0.2, 0.25) is 0 Å². The van der Waals surface area contributed by atoms with Crippen molar-refractivity contribution in [2.45, 2.75) is 81.0 Å². The number of nitrogens with zero attached hydrogens (tertiary/aromatic N) is 1. The van der Waals surface area contributed by atoms with Gasteiger partial charge in [-0.25, -0.2) is 0 Å².